The Balaban J connectivity index is 1.67. The van der Waals surface area contributed by atoms with Crippen LogP contribution in [-0.2, 0) is 34.5 Å². The van der Waals surface area contributed by atoms with Crippen LogP contribution in [0.4, 0.5) is 0 Å². The number of benzene rings is 4. The number of hydrogen-bond donors (Lipinski definition) is 0. The van der Waals surface area contributed by atoms with E-state index < -0.39 is 10.0 Å². The van der Waals surface area contributed by atoms with Crippen LogP contribution < -0.4 is 0 Å². The van der Waals surface area contributed by atoms with E-state index in [4.69, 9.17) is 23.2 Å². The van der Waals surface area contributed by atoms with Crippen LogP contribution in [0.5, 0.6) is 0 Å². The van der Waals surface area contributed by atoms with Crippen molar-refractivity contribution in [1.82, 2.24) is 9.21 Å². The smallest absolute Gasteiger partial charge is 0.243 e. The molecule has 0 aliphatic rings. The second-order valence-corrected chi connectivity index (χ2v) is 12.4. The molecule has 5 nitrogen and oxygen atoms in total. The van der Waals surface area contributed by atoms with Crippen molar-refractivity contribution in [2.45, 2.75) is 24.5 Å². The van der Waals surface area contributed by atoms with Crippen LogP contribution in [0.3, 0.4) is 0 Å². The van der Waals surface area contributed by atoms with E-state index >= 15 is 0 Å². The van der Waals surface area contributed by atoms with E-state index in [1.54, 1.807) is 35.2 Å². The maximum atomic E-state index is 13.8. The quantitative estimate of drug-likeness (QED) is 0.186. The minimum Gasteiger partial charge on any atom is -0.333 e. The molecule has 0 aliphatic heterocycles. The van der Waals surface area contributed by atoms with E-state index in [0.29, 0.717) is 28.7 Å². The molecule has 0 unspecified atom stereocenters. The molecule has 0 heterocycles. The van der Waals surface area contributed by atoms with Crippen molar-refractivity contribution in [3.05, 3.63) is 134 Å². The highest BCUT2D eigenvalue weighted by atomic mass is 79.9. The number of nitrogens with zero attached hydrogens (tertiary/aromatic N) is 2. The molecule has 4 aromatic carbocycles. The summed E-state index contributed by atoms with van der Waals surface area (Å²) in [6.07, 6.45) is 0. The van der Waals surface area contributed by atoms with Crippen molar-refractivity contribution in [2.75, 3.05) is 6.54 Å². The summed E-state index contributed by atoms with van der Waals surface area (Å²) >= 11 is 15.8. The number of carbonyl (C=O) groups is 1. The van der Waals surface area contributed by atoms with Gasteiger partial charge in [0.2, 0.25) is 15.9 Å². The van der Waals surface area contributed by atoms with Crippen LogP contribution in [0.1, 0.15) is 16.7 Å². The second-order valence-electron chi connectivity index (χ2n) is 8.68. The third-order valence-corrected chi connectivity index (χ3v) is 8.83. The monoisotopic (exact) mass is 630 g/mol. The molecule has 0 radical (unpaired) electrons. The van der Waals surface area contributed by atoms with Crippen molar-refractivity contribution in [1.29, 1.82) is 0 Å². The van der Waals surface area contributed by atoms with E-state index in [1.807, 2.05) is 60.7 Å². The fourth-order valence-electron chi connectivity index (χ4n) is 3.91. The number of rotatable bonds is 10. The Hall–Kier alpha value is -2.68. The molecule has 0 bridgehead atoms. The Morgan fingerprint density at radius 3 is 1.82 bits per heavy atom. The first-order chi connectivity index (χ1) is 18.2. The maximum absolute atomic E-state index is 13.8. The van der Waals surface area contributed by atoms with Gasteiger partial charge in [-0.15, -0.1) is 0 Å². The molecule has 0 spiro atoms. The summed E-state index contributed by atoms with van der Waals surface area (Å²) in [4.78, 5) is 15.5. The van der Waals surface area contributed by atoms with Gasteiger partial charge in [0, 0.05) is 34.2 Å². The van der Waals surface area contributed by atoms with Crippen LogP contribution in [0.2, 0.25) is 10.0 Å². The molecule has 4 rings (SSSR count). The first kappa shape index (κ1) is 28.3. The normalized spacial score (nSPS) is 11.5. The van der Waals surface area contributed by atoms with Crippen LogP contribution in [0.25, 0.3) is 0 Å². The standard InChI is InChI=1S/C29H25BrCl2N2O3S/c30-25-12-15-27(16-13-25)38(36,37)34(20-24-11-14-26(31)17-28(24)32)21-29(35)33(18-22-7-3-1-4-8-22)19-23-9-5-2-6-10-23/h1-17H,18-21H2. The fourth-order valence-corrected chi connectivity index (χ4v) is 6.01. The van der Waals surface area contributed by atoms with Gasteiger partial charge in [-0.2, -0.15) is 4.31 Å². The van der Waals surface area contributed by atoms with Gasteiger partial charge < -0.3 is 4.90 Å². The summed E-state index contributed by atoms with van der Waals surface area (Å²) < 4.78 is 29.5. The Morgan fingerprint density at radius 1 is 0.737 bits per heavy atom. The summed E-state index contributed by atoms with van der Waals surface area (Å²) in [6, 6.07) is 30.4. The van der Waals surface area contributed by atoms with E-state index in [-0.39, 0.29) is 23.9 Å². The molecule has 9 heteroatoms. The largest absolute Gasteiger partial charge is 0.333 e. The van der Waals surface area contributed by atoms with Gasteiger partial charge in [-0.3, -0.25) is 4.79 Å². The van der Waals surface area contributed by atoms with E-state index in [2.05, 4.69) is 15.9 Å². The zero-order chi connectivity index (χ0) is 27.1. The van der Waals surface area contributed by atoms with Crippen LogP contribution in [0.15, 0.2) is 112 Å². The van der Waals surface area contributed by atoms with Crippen molar-refractivity contribution >= 4 is 55.1 Å². The number of hydrogen-bond acceptors (Lipinski definition) is 3. The highest BCUT2D eigenvalue weighted by Gasteiger charge is 2.29. The van der Waals surface area contributed by atoms with Crippen LogP contribution in [0, 0.1) is 0 Å². The molecule has 0 aliphatic carbocycles. The van der Waals surface area contributed by atoms with Gasteiger partial charge in [0.05, 0.1) is 11.4 Å². The Labute approximate surface area is 241 Å². The number of sulfonamides is 1. The first-order valence-corrected chi connectivity index (χ1v) is 14.8. The van der Waals surface area contributed by atoms with Gasteiger partial charge in [0.25, 0.3) is 0 Å². The summed E-state index contributed by atoms with van der Waals surface area (Å²) in [5.41, 5.74) is 2.43. The molecule has 1 amide bonds. The minimum absolute atomic E-state index is 0.0799. The van der Waals surface area contributed by atoms with E-state index in [0.717, 1.165) is 19.9 Å². The van der Waals surface area contributed by atoms with Gasteiger partial charge in [-0.25, -0.2) is 8.42 Å². The molecular weight excluding hydrogens is 607 g/mol. The molecule has 0 N–H and O–H groups in total. The topological polar surface area (TPSA) is 57.7 Å². The predicted molar refractivity (Wildman–Crippen MR) is 155 cm³/mol. The SMILES string of the molecule is O=C(CN(Cc1ccc(Cl)cc1Cl)S(=O)(=O)c1ccc(Br)cc1)N(Cc1ccccc1)Cc1ccccc1. The fraction of sp³-hybridized carbons (Fsp3) is 0.138. The lowest BCUT2D eigenvalue weighted by Crippen LogP contribution is -2.42. The predicted octanol–water partition coefficient (Wildman–Crippen LogP) is 7.18. The molecule has 0 aromatic heterocycles. The van der Waals surface area contributed by atoms with E-state index in [9.17, 15) is 13.2 Å². The lowest BCUT2D eigenvalue weighted by molar-refractivity contribution is -0.132. The van der Waals surface area contributed by atoms with Gasteiger partial charge in [-0.05, 0) is 53.1 Å². The second kappa shape index (κ2) is 12.9. The van der Waals surface area contributed by atoms with Gasteiger partial charge in [0.15, 0.2) is 0 Å². The molecule has 0 saturated carbocycles. The van der Waals surface area contributed by atoms with Crippen molar-refractivity contribution in [3.8, 4) is 0 Å². The molecule has 0 saturated heterocycles. The lowest BCUT2D eigenvalue weighted by Gasteiger charge is -2.28. The Morgan fingerprint density at radius 2 is 1.29 bits per heavy atom. The summed E-state index contributed by atoms with van der Waals surface area (Å²) in [5.74, 6) is -0.330. The molecule has 0 atom stereocenters. The molecular formula is C29H25BrCl2N2O3S. The first-order valence-electron chi connectivity index (χ1n) is 11.8. The highest BCUT2D eigenvalue weighted by Crippen LogP contribution is 2.26. The number of halogens is 3. The summed E-state index contributed by atoms with van der Waals surface area (Å²) in [5, 5.41) is 0.764. The Bertz CT molecular complexity index is 1440. The minimum atomic E-state index is -4.04. The summed E-state index contributed by atoms with van der Waals surface area (Å²) in [6.45, 7) is 0.215. The zero-order valence-electron chi connectivity index (χ0n) is 20.3. The van der Waals surface area contributed by atoms with Gasteiger partial charge in [0.1, 0.15) is 0 Å². The number of amides is 1. The molecule has 4 aromatic rings. The molecule has 38 heavy (non-hydrogen) atoms. The Kier molecular flexibility index (Phi) is 9.63. The third-order valence-electron chi connectivity index (χ3n) is 5.91. The van der Waals surface area contributed by atoms with Gasteiger partial charge in [-0.1, -0.05) is 106 Å². The maximum Gasteiger partial charge on any atom is 0.243 e. The third kappa shape index (κ3) is 7.46. The lowest BCUT2D eigenvalue weighted by atomic mass is 10.1. The molecule has 0 fully saturated rings. The van der Waals surface area contributed by atoms with E-state index in [1.165, 1.54) is 12.1 Å². The number of carbonyl (C=O) groups excluding carboxylic acids is 1. The summed E-state index contributed by atoms with van der Waals surface area (Å²) in [7, 11) is -4.04. The van der Waals surface area contributed by atoms with Crippen molar-refractivity contribution in [2.24, 2.45) is 0 Å². The van der Waals surface area contributed by atoms with Gasteiger partial charge >= 0.3 is 0 Å². The average molecular weight is 632 g/mol. The molecule has 196 valence electrons. The average Bonchev–Trinajstić information content (AvgIpc) is 2.90. The van der Waals surface area contributed by atoms with Crippen LogP contribution in [-0.4, -0.2) is 30.1 Å². The van der Waals surface area contributed by atoms with Crippen molar-refractivity contribution < 1.29 is 13.2 Å². The zero-order valence-corrected chi connectivity index (χ0v) is 24.2. The van der Waals surface area contributed by atoms with Crippen LogP contribution >= 0.6 is 39.1 Å². The van der Waals surface area contributed by atoms with Crippen molar-refractivity contribution in [3.63, 3.8) is 0 Å². The highest BCUT2D eigenvalue weighted by molar-refractivity contribution is 9.10.